The van der Waals surface area contributed by atoms with Crippen LogP contribution in [0.4, 0.5) is 0 Å². The summed E-state index contributed by atoms with van der Waals surface area (Å²) in [5.74, 6) is 0. The largest absolute Gasteiger partial charge is 0.313 e. The maximum atomic E-state index is 4.64. The number of hydrogen-bond donors (Lipinski definition) is 1. The molecule has 0 atom stereocenters. The minimum absolute atomic E-state index is 0.883. The van der Waals surface area contributed by atoms with Gasteiger partial charge in [-0.2, -0.15) is 10.2 Å². The van der Waals surface area contributed by atoms with Gasteiger partial charge in [0, 0.05) is 31.0 Å². The van der Waals surface area contributed by atoms with Gasteiger partial charge in [-0.1, -0.05) is 18.2 Å². The highest BCUT2D eigenvalue weighted by Gasteiger charge is 2.09. The molecule has 2 aromatic heterocycles. The Kier molecular flexibility index (Phi) is 5.34. The molecule has 0 radical (unpaired) electrons. The summed E-state index contributed by atoms with van der Waals surface area (Å²) in [4.78, 5) is 0. The van der Waals surface area contributed by atoms with Crippen LogP contribution in [0.1, 0.15) is 34.6 Å². The van der Waals surface area contributed by atoms with Crippen LogP contribution in [-0.2, 0) is 20.0 Å². The van der Waals surface area contributed by atoms with Crippen molar-refractivity contribution in [2.45, 2.75) is 40.2 Å². The quantitative estimate of drug-likeness (QED) is 0.673. The number of aryl methyl sites for hydroxylation is 4. The lowest BCUT2D eigenvalue weighted by Crippen LogP contribution is -2.16. The van der Waals surface area contributed by atoms with E-state index in [1.807, 2.05) is 34.6 Å². The van der Waals surface area contributed by atoms with Crippen molar-refractivity contribution in [3.05, 3.63) is 64.7 Å². The van der Waals surface area contributed by atoms with Crippen molar-refractivity contribution < 1.29 is 0 Å². The Hall–Kier alpha value is -2.40. The normalized spacial score (nSPS) is 11.2. The molecule has 0 amide bonds. The van der Waals surface area contributed by atoms with Gasteiger partial charge in [-0.05, 0) is 57.9 Å². The molecule has 5 heteroatoms. The third kappa shape index (κ3) is 3.99. The molecule has 2 heterocycles. The van der Waals surface area contributed by atoms with Gasteiger partial charge in [0.1, 0.15) is 0 Å². The highest BCUT2D eigenvalue weighted by Crippen LogP contribution is 2.14. The fraction of sp³-hybridized carbons (Fsp3) is 0.400. The number of nitrogens with zero attached hydrogens (tertiary/aromatic N) is 4. The van der Waals surface area contributed by atoms with E-state index in [1.165, 1.54) is 16.8 Å². The van der Waals surface area contributed by atoms with Gasteiger partial charge in [-0.25, -0.2) is 4.68 Å². The predicted molar refractivity (Wildman–Crippen MR) is 101 cm³/mol. The summed E-state index contributed by atoms with van der Waals surface area (Å²) in [5.41, 5.74) is 7.22. The van der Waals surface area contributed by atoms with Crippen LogP contribution in [0.2, 0.25) is 0 Å². The Labute approximate surface area is 149 Å². The fourth-order valence-electron chi connectivity index (χ4n) is 3.14. The van der Waals surface area contributed by atoms with Crippen molar-refractivity contribution in [2.75, 3.05) is 6.54 Å². The highest BCUT2D eigenvalue weighted by molar-refractivity contribution is 5.32. The van der Waals surface area contributed by atoms with Gasteiger partial charge in [0.2, 0.25) is 0 Å². The summed E-state index contributed by atoms with van der Waals surface area (Å²) in [6.07, 6.45) is 4.29. The predicted octanol–water partition coefficient (Wildman–Crippen LogP) is 3.25. The summed E-state index contributed by atoms with van der Waals surface area (Å²) in [6.45, 7) is 8.16. The van der Waals surface area contributed by atoms with Gasteiger partial charge in [-0.15, -0.1) is 0 Å². The molecule has 0 aliphatic heterocycles. The van der Waals surface area contributed by atoms with Gasteiger partial charge in [-0.3, -0.25) is 4.68 Å². The van der Waals surface area contributed by atoms with E-state index in [0.29, 0.717) is 0 Å². The molecule has 3 aromatic rings. The Morgan fingerprint density at radius 2 is 1.76 bits per heavy atom. The second kappa shape index (κ2) is 7.66. The number of para-hydroxylation sites is 1. The zero-order valence-electron chi connectivity index (χ0n) is 15.6. The zero-order valence-corrected chi connectivity index (χ0v) is 15.6. The van der Waals surface area contributed by atoms with Crippen molar-refractivity contribution in [1.29, 1.82) is 0 Å². The van der Waals surface area contributed by atoms with Crippen LogP contribution in [0.25, 0.3) is 5.69 Å². The molecule has 0 fully saturated rings. The molecule has 25 heavy (non-hydrogen) atoms. The molecule has 0 spiro atoms. The lowest BCUT2D eigenvalue weighted by molar-refractivity contribution is 0.644. The van der Waals surface area contributed by atoms with Crippen LogP contribution >= 0.6 is 0 Å². The molecule has 1 N–H and O–H groups in total. The second-order valence-electron chi connectivity index (χ2n) is 6.57. The monoisotopic (exact) mass is 337 g/mol. The summed E-state index contributed by atoms with van der Waals surface area (Å²) >= 11 is 0. The minimum atomic E-state index is 0.883. The van der Waals surface area contributed by atoms with Crippen LogP contribution in [0.3, 0.4) is 0 Å². The van der Waals surface area contributed by atoms with Crippen molar-refractivity contribution in [2.24, 2.45) is 7.05 Å². The molecular formula is C20H27N5. The highest BCUT2D eigenvalue weighted by atomic mass is 15.3. The molecular weight excluding hydrogens is 310 g/mol. The van der Waals surface area contributed by atoms with E-state index in [9.17, 15) is 0 Å². The smallest absolute Gasteiger partial charge is 0.0645 e. The van der Waals surface area contributed by atoms with Crippen LogP contribution in [0, 0.1) is 20.8 Å². The number of nitrogens with one attached hydrogen (secondary N) is 1. The van der Waals surface area contributed by atoms with E-state index < -0.39 is 0 Å². The molecule has 132 valence electrons. The molecule has 0 saturated carbocycles. The van der Waals surface area contributed by atoms with Gasteiger partial charge >= 0.3 is 0 Å². The second-order valence-corrected chi connectivity index (χ2v) is 6.57. The molecule has 0 aliphatic rings. The number of rotatable bonds is 7. The molecule has 0 saturated heterocycles. The average Bonchev–Trinajstić information content (AvgIpc) is 3.09. The van der Waals surface area contributed by atoms with E-state index >= 15 is 0 Å². The first-order valence-corrected chi connectivity index (χ1v) is 8.86. The third-order valence-electron chi connectivity index (χ3n) is 4.78. The molecule has 0 bridgehead atoms. The van der Waals surface area contributed by atoms with Crippen molar-refractivity contribution in [3.63, 3.8) is 0 Å². The minimum Gasteiger partial charge on any atom is -0.313 e. The first-order valence-electron chi connectivity index (χ1n) is 8.86. The first-order chi connectivity index (χ1) is 12.1. The molecule has 5 nitrogen and oxygen atoms in total. The number of aromatic nitrogens is 4. The summed E-state index contributed by atoms with van der Waals surface area (Å²) in [6, 6.07) is 10.3. The topological polar surface area (TPSA) is 47.7 Å². The molecule has 0 unspecified atom stereocenters. The summed E-state index contributed by atoms with van der Waals surface area (Å²) in [5, 5.41) is 12.6. The molecule has 0 aliphatic carbocycles. The summed E-state index contributed by atoms with van der Waals surface area (Å²) in [7, 11) is 2.00. The molecule has 3 rings (SSSR count). The maximum absolute atomic E-state index is 4.64. The third-order valence-corrected chi connectivity index (χ3v) is 4.78. The lowest BCUT2D eigenvalue weighted by atomic mass is 10.1. The average molecular weight is 337 g/mol. The SMILES string of the molecule is Cc1nn(-c2ccccc2)cc1CCCNCc1c(C)nn(C)c1C. The Balaban J connectivity index is 1.50. The number of benzene rings is 1. The van der Waals surface area contributed by atoms with E-state index in [2.05, 4.69) is 54.6 Å². The van der Waals surface area contributed by atoms with Crippen LogP contribution < -0.4 is 5.32 Å². The van der Waals surface area contributed by atoms with Crippen LogP contribution in [0.15, 0.2) is 36.5 Å². The van der Waals surface area contributed by atoms with Crippen molar-refractivity contribution in [3.8, 4) is 5.69 Å². The standard InChI is InChI=1S/C20H27N5/c1-15-18(14-25(23-15)19-10-6-5-7-11-19)9-8-12-21-13-20-16(2)22-24(4)17(20)3/h5-7,10-11,14,21H,8-9,12-13H2,1-4H3. The molecule has 1 aromatic carbocycles. The van der Waals surface area contributed by atoms with Gasteiger partial charge in [0.15, 0.2) is 0 Å². The fourth-order valence-corrected chi connectivity index (χ4v) is 3.14. The first kappa shape index (κ1) is 17.4. The van der Waals surface area contributed by atoms with Gasteiger partial charge in [0.25, 0.3) is 0 Å². The zero-order chi connectivity index (χ0) is 17.8. The lowest BCUT2D eigenvalue weighted by Gasteiger charge is -2.05. The number of hydrogen-bond acceptors (Lipinski definition) is 3. The summed E-state index contributed by atoms with van der Waals surface area (Å²) < 4.78 is 3.92. The Bertz CT molecular complexity index is 829. The van der Waals surface area contributed by atoms with Gasteiger partial charge in [0.05, 0.1) is 17.1 Å². The van der Waals surface area contributed by atoms with Crippen molar-refractivity contribution in [1.82, 2.24) is 24.9 Å². The van der Waals surface area contributed by atoms with Crippen LogP contribution in [-0.4, -0.2) is 26.1 Å². The maximum Gasteiger partial charge on any atom is 0.0645 e. The Morgan fingerprint density at radius 3 is 2.44 bits per heavy atom. The van der Waals surface area contributed by atoms with Crippen LogP contribution in [0.5, 0.6) is 0 Å². The van der Waals surface area contributed by atoms with E-state index in [1.54, 1.807) is 0 Å². The van der Waals surface area contributed by atoms with E-state index in [4.69, 9.17) is 0 Å². The van der Waals surface area contributed by atoms with E-state index in [-0.39, 0.29) is 0 Å². The van der Waals surface area contributed by atoms with Crippen molar-refractivity contribution >= 4 is 0 Å². The Morgan fingerprint density at radius 1 is 1.00 bits per heavy atom. The van der Waals surface area contributed by atoms with Gasteiger partial charge < -0.3 is 5.32 Å². The van der Waals surface area contributed by atoms with E-state index in [0.717, 1.165) is 43.0 Å².